The average Bonchev–Trinajstić information content (AvgIpc) is 2.68. The van der Waals surface area contributed by atoms with Crippen molar-refractivity contribution in [3.63, 3.8) is 0 Å². The minimum Gasteiger partial charge on any atom is -0.481 e. The van der Waals surface area contributed by atoms with Crippen LogP contribution in [0, 0.1) is 29.6 Å². The van der Waals surface area contributed by atoms with E-state index in [2.05, 4.69) is 5.43 Å². The van der Waals surface area contributed by atoms with E-state index in [1.165, 1.54) is 5.01 Å². The van der Waals surface area contributed by atoms with Gasteiger partial charge >= 0.3 is 5.97 Å². The van der Waals surface area contributed by atoms with Gasteiger partial charge in [-0.1, -0.05) is 84.0 Å². The summed E-state index contributed by atoms with van der Waals surface area (Å²) in [5.41, 5.74) is 3.71. The van der Waals surface area contributed by atoms with Crippen LogP contribution >= 0.6 is 0 Å². The maximum Gasteiger partial charge on any atom is 0.307 e. The van der Waals surface area contributed by atoms with Gasteiger partial charge in [0.15, 0.2) is 0 Å². The molecule has 0 aliphatic heterocycles. The molecule has 31 heavy (non-hydrogen) atoms. The van der Waals surface area contributed by atoms with E-state index in [1.807, 2.05) is 64.1 Å². The molecule has 0 aliphatic rings. The third-order valence-electron chi connectivity index (χ3n) is 4.92. The van der Waals surface area contributed by atoms with E-state index in [0.717, 1.165) is 5.56 Å². The molecule has 1 aromatic rings. The predicted octanol–water partition coefficient (Wildman–Crippen LogP) is 4.62. The van der Waals surface area contributed by atoms with E-state index in [4.69, 9.17) is 0 Å². The van der Waals surface area contributed by atoms with Crippen molar-refractivity contribution in [2.75, 3.05) is 6.54 Å². The van der Waals surface area contributed by atoms with Crippen molar-refractivity contribution < 1.29 is 19.5 Å². The molecule has 172 valence electrons. The summed E-state index contributed by atoms with van der Waals surface area (Å²) in [5.74, 6) is -3.20. The number of aliphatic carboxylic acids is 1. The number of carbonyl (C=O) groups excluding carboxylic acids is 2. The van der Waals surface area contributed by atoms with Crippen LogP contribution in [0.3, 0.4) is 0 Å². The van der Waals surface area contributed by atoms with Gasteiger partial charge in [-0.3, -0.25) is 24.8 Å². The summed E-state index contributed by atoms with van der Waals surface area (Å²) in [6, 6.07) is 9.62. The first-order chi connectivity index (χ1) is 14.5. The molecule has 2 atom stereocenters. The fourth-order valence-corrected chi connectivity index (χ4v) is 3.40. The van der Waals surface area contributed by atoms with Gasteiger partial charge < -0.3 is 5.11 Å². The van der Waals surface area contributed by atoms with Crippen molar-refractivity contribution in [1.82, 2.24) is 10.4 Å². The van der Waals surface area contributed by atoms with Gasteiger partial charge in [0, 0.05) is 12.5 Å². The second-order valence-corrected chi connectivity index (χ2v) is 9.20. The van der Waals surface area contributed by atoms with Gasteiger partial charge in [0.05, 0.1) is 11.8 Å². The minimum atomic E-state index is -1.01. The topological polar surface area (TPSA) is 86.7 Å². The largest absolute Gasteiger partial charge is 0.481 e. The van der Waals surface area contributed by atoms with E-state index in [0.29, 0.717) is 13.0 Å². The lowest BCUT2D eigenvalue weighted by Crippen LogP contribution is -2.52. The standard InChI is InChI=1S/C25H38N2O4/c1-17(2)15-22(23(28)26-27(16-18(3)4)24(29)19(5)6)21(25(30)31)14-10-13-20-11-8-7-9-12-20/h7-13,17-19,21-22H,14-16H2,1-6H3,(H,26,28)(H,30,31)/t21-,22-/m0/s1. The van der Waals surface area contributed by atoms with Crippen LogP contribution in [0.2, 0.25) is 0 Å². The number of benzene rings is 1. The molecule has 0 bridgehead atoms. The zero-order valence-corrected chi connectivity index (χ0v) is 19.7. The number of carboxylic acid groups (broad SMARTS) is 1. The smallest absolute Gasteiger partial charge is 0.307 e. The van der Waals surface area contributed by atoms with Gasteiger partial charge in [-0.15, -0.1) is 0 Å². The van der Waals surface area contributed by atoms with Crippen molar-refractivity contribution in [1.29, 1.82) is 0 Å². The molecule has 0 spiro atoms. The Hall–Kier alpha value is -2.63. The third kappa shape index (κ3) is 9.37. The van der Waals surface area contributed by atoms with E-state index in [9.17, 15) is 19.5 Å². The van der Waals surface area contributed by atoms with Gasteiger partial charge in [-0.25, -0.2) is 0 Å². The number of carbonyl (C=O) groups is 3. The van der Waals surface area contributed by atoms with Crippen LogP contribution in [-0.4, -0.2) is 34.4 Å². The minimum absolute atomic E-state index is 0.134. The Morgan fingerprint density at radius 3 is 2.06 bits per heavy atom. The van der Waals surface area contributed by atoms with Gasteiger partial charge in [-0.05, 0) is 30.2 Å². The van der Waals surface area contributed by atoms with E-state index >= 15 is 0 Å². The average molecular weight is 431 g/mol. The first-order valence-corrected chi connectivity index (χ1v) is 11.1. The lowest BCUT2D eigenvalue weighted by molar-refractivity contribution is -0.152. The molecule has 0 aliphatic carbocycles. The Labute approximate surface area is 186 Å². The number of allylic oxidation sites excluding steroid dienone is 1. The molecule has 2 amide bonds. The van der Waals surface area contributed by atoms with Crippen LogP contribution in [0.5, 0.6) is 0 Å². The Bertz CT molecular complexity index is 741. The van der Waals surface area contributed by atoms with Gasteiger partial charge in [0.1, 0.15) is 0 Å². The Kier molecular flexibility index (Phi) is 11.0. The molecule has 1 rings (SSSR count). The molecular weight excluding hydrogens is 392 g/mol. The van der Waals surface area contributed by atoms with E-state index in [-0.39, 0.29) is 30.1 Å². The van der Waals surface area contributed by atoms with Gasteiger partial charge in [0.25, 0.3) is 0 Å². The summed E-state index contributed by atoms with van der Waals surface area (Å²) in [6.07, 6.45) is 4.33. The normalized spacial score (nSPS) is 13.6. The van der Waals surface area contributed by atoms with Crippen LogP contribution in [0.25, 0.3) is 6.08 Å². The van der Waals surface area contributed by atoms with Crippen molar-refractivity contribution in [2.45, 2.75) is 54.4 Å². The lowest BCUT2D eigenvalue weighted by atomic mass is 9.82. The van der Waals surface area contributed by atoms with Crippen LogP contribution in [0.1, 0.15) is 59.9 Å². The predicted molar refractivity (Wildman–Crippen MR) is 124 cm³/mol. The molecule has 0 saturated carbocycles. The highest BCUT2D eigenvalue weighted by atomic mass is 16.4. The van der Waals surface area contributed by atoms with Crippen molar-refractivity contribution >= 4 is 23.9 Å². The SMILES string of the molecule is CC(C)C[C@H](C(=O)NN(CC(C)C)C(=O)C(C)C)[C@H](CC=Cc1ccccc1)C(=O)O. The summed E-state index contributed by atoms with van der Waals surface area (Å²) in [5, 5.41) is 11.2. The van der Waals surface area contributed by atoms with E-state index < -0.39 is 23.7 Å². The van der Waals surface area contributed by atoms with Crippen LogP contribution < -0.4 is 5.43 Å². The Balaban J connectivity index is 3.06. The summed E-state index contributed by atoms with van der Waals surface area (Å²) in [7, 11) is 0. The maximum atomic E-state index is 13.2. The number of hydrogen-bond donors (Lipinski definition) is 2. The fourth-order valence-electron chi connectivity index (χ4n) is 3.40. The molecule has 6 nitrogen and oxygen atoms in total. The molecule has 2 N–H and O–H groups in total. The number of rotatable bonds is 11. The van der Waals surface area contributed by atoms with Crippen LogP contribution in [0.4, 0.5) is 0 Å². The quantitative estimate of drug-likeness (QED) is 0.501. The van der Waals surface area contributed by atoms with Gasteiger partial charge in [-0.2, -0.15) is 0 Å². The molecule has 6 heteroatoms. The number of nitrogens with zero attached hydrogens (tertiary/aromatic N) is 1. The van der Waals surface area contributed by atoms with Crippen molar-refractivity contribution in [2.24, 2.45) is 29.6 Å². The first kappa shape index (κ1) is 26.4. The molecule has 0 fully saturated rings. The number of hydrazine groups is 1. The molecule has 0 unspecified atom stereocenters. The van der Waals surface area contributed by atoms with Crippen molar-refractivity contribution in [3.8, 4) is 0 Å². The number of amides is 2. The highest BCUT2D eigenvalue weighted by Gasteiger charge is 2.35. The zero-order valence-electron chi connectivity index (χ0n) is 19.7. The molecule has 0 heterocycles. The number of carboxylic acids is 1. The van der Waals surface area contributed by atoms with Crippen LogP contribution in [-0.2, 0) is 14.4 Å². The third-order valence-corrected chi connectivity index (χ3v) is 4.92. The molecular formula is C25H38N2O4. The first-order valence-electron chi connectivity index (χ1n) is 11.1. The molecule has 1 aromatic carbocycles. The Morgan fingerprint density at radius 1 is 0.968 bits per heavy atom. The highest BCUT2D eigenvalue weighted by Crippen LogP contribution is 2.26. The summed E-state index contributed by atoms with van der Waals surface area (Å²) in [4.78, 5) is 37.8. The summed E-state index contributed by atoms with van der Waals surface area (Å²) < 4.78 is 0. The fraction of sp³-hybridized carbons (Fsp3) is 0.560. The monoisotopic (exact) mass is 430 g/mol. The van der Waals surface area contributed by atoms with Gasteiger partial charge in [0.2, 0.25) is 11.8 Å². The van der Waals surface area contributed by atoms with Crippen molar-refractivity contribution in [3.05, 3.63) is 42.0 Å². The molecule has 0 saturated heterocycles. The summed E-state index contributed by atoms with van der Waals surface area (Å²) in [6.45, 7) is 11.8. The second kappa shape index (κ2) is 12.9. The van der Waals surface area contributed by atoms with Crippen LogP contribution in [0.15, 0.2) is 36.4 Å². The highest BCUT2D eigenvalue weighted by molar-refractivity contribution is 5.87. The molecule has 0 aromatic heterocycles. The second-order valence-electron chi connectivity index (χ2n) is 9.20. The number of hydrogen-bond acceptors (Lipinski definition) is 3. The van der Waals surface area contributed by atoms with E-state index in [1.54, 1.807) is 19.9 Å². The molecule has 0 radical (unpaired) electrons. The lowest BCUT2D eigenvalue weighted by Gasteiger charge is -2.31. The zero-order chi connectivity index (χ0) is 23.6. The maximum absolute atomic E-state index is 13.2. The summed E-state index contributed by atoms with van der Waals surface area (Å²) >= 11 is 0. The Morgan fingerprint density at radius 2 is 1.58 bits per heavy atom. The number of nitrogens with one attached hydrogen (secondary N) is 1.